The van der Waals surface area contributed by atoms with E-state index < -0.39 is 0 Å². The predicted molar refractivity (Wildman–Crippen MR) is 117 cm³/mol. The fourth-order valence-corrected chi connectivity index (χ4v) is 5.34. The summed E-state index contributed by atoms with van der Waals surface area (Å²) in [7, 11) is 0. The van der Waals surface area contributed by atoms with Crippen molar-refractivity contribution < 1.29 is 14.3 Å². The van der Waals surface area contributed by atoms with Gasteiger partial charge in [0.15, 0.2) is 5.76 Å². The number of allylic oxidation sites excluding steroid dienone is 1. The van der Waals surface area contributed by atoms with E-state index >= 15 is 0 Å². The van der Waals surface area contributed by atoms with Crippen molar-refractivity contribution >= 4 is 34.5 Å². The molecular formula is C23H21NO3S2. The van der Waals surface area contributed by atoms with Gasteiger partial charge in [-0.05, 0) is 60.4 Å². The van der Waals surface area contributed by atoms with Crippen molar-refractivity contribution in [2.45, 2.75) is 26.8 Å². The second-order valence-corrected chi connectivity index (χ2v) is 9.42. The molecule has 0 atom stereocenters. The topological polar surface area (TPSA) is 38.8 Å². The number of ketones is 1. The van der Waals surface area contributed by atoms with Crippen molar-refractivity contribution in [2.24, 2.45) is 0 Å². The van der Waals surface area contributed by atoms with Crippen LogP contribution in [0.15, 0.2) is 40.8 Å². The van der Waals surface area contributed by atoms with Gasteiger partial charge in [0.2, 0.25) is 5.78 Å². The Labute approximate surface area is 178 Å². The van der Waals surface area contributed by atoms with Crippen LogP contribution >= 0.6 is 22.7 Å². The number of hydrogen-bond donors (Lipinski definition) is 0. The fourth-order valence-electron chi connectivity index (χ4n) is 3.79. The number of carbonyl (C=O) groups excluding carboxylic acids is 1. The highest BCUT2D eigenvalue weighted by molar-refractivity contribution is 7.11. The average Bonchev–Trinajstić information content (AvgIpc) is 3.43. The zero-order valence-corrected chi connectivity index (χ0v) is 18.0. The minimum atomic E-state index is -0.0381. The van der Waals surface area contributed by atoms with Crippen LogP contribution in [-0.2, 0) is 13.0 Å². The normalized spacial score (nSPS) is 17.2. The Morgan fingerprint density at radius 2 is 2.07 bits per heavy atom. The summed E-state index contributed by atoms with van der Waals surface area (Å²) >= 11 is 3.39. The number of rotatable bonds is 4. The molecule has 148 valence electrons. The molecule has 5 rings (SSSR count). The van der Waals surface area contributed by atoms with Gasteiger partial charge in [0.25, 0.3) is 0 Å². The molecule has 0 saturated carbocycles. The fraction of sp³-hybridized carbons (Fsp3) is 0.261. The zero-order chi connectivity index (χ0) is 20.0. The van der Waals surface area contributed by atoms with Gasteiger partial charge in [-0.15, -0.1) is 22.7 Å². The monoisotopic (exact) mass is 423 g/mol. The van der Waals surface area contributed by atoms with Gasteiger partial charge >= 0.3 is 0 Å². The first-order chi connectivity index (χ1) is 14.1. The van der Waals surface area contributed by atoms with E-state index in [2.05, 4.69) is 28.5 Å². The van der Waals surface area contributed by atoms with E-state index in [4.69, 9.17) is 9.47 Å². The molecule has 0 amide bonds. The van der Waals surface area contributed by atoms with Gasteiger partial charge < -0.3 is 9.47 Å². The van der Waals surface area contributed by atoms with Crippen LogP contribution in [0, 0.1) is 13.8 Å². The molecule has 1 aromatic carbocycles. The number of benzene rings is 1. The number of thiophene rings is 2. The predicted octanol–water partition coefficient (Wildman–Crippen LogP) is 5.44. The number of ether oxygens (including phenoxy) is 2. The highest BCUT2D eigenvalue weighted by atomic mass is 32.1. The van der Waals surface area contributed by atoms with E-state index in [1.165, 1.54) is 4.88 Å². The van der Waals surface area contributed by atoms with Gasteiger partial charge in [0.1, 0.15) is 18.2 Å². The Kier molecular flexibility index (Phi) is 4.78. The second kappa shape index (κ2) is 7.44. The lowest BCUT2D eigenvalue weighted by atomic mass is 9.98. The van der Waals surface area contributed by atoms with E-state index in [1.807, 2.05) is 31.4 Å². The highest BCUT2D eigenvalue weighted by Crippen LogP contribution is 2.44. The quantitative estimate of drug-likeness (QED) is 0.524. The summed E-state index contributed by atoms with van der Waals surface area (Å²) in [6.45, 7) is 6.19. The first-order valence-electron chi connectivity index (χ1n) is 9.62. The molecule has 0 fully saturated rings. The minimum Gasteiger partial charge on any atom is -0.478 e. The van der Waals surface area contributed by atoms with Gasteiger partial charge in [-0.1, -0.05) is 6.07 Å². The van der Waals surface area contributed by atoms with Crippen LogP contribution in [-0.4, -0.2) is 24.0 Å². The van der Waals surface area contributed by atoms with Gasteiger partial charge in [-0.25, -0.2) is 0 Å². The van der Waals surface area contributed by atoms with Gasteiger partial charge in [-0.2, -0.15) is 0 Å². The van der Waals surface area contributed by atoms with Crippen LogP contribution in [0.1, 0.15) is 36.8 Å². The minimum absolute atomic E-state index is 0.0381. The Bertz CT molecular complexity index is 1110. The van der Waals surface area contributed by atoms with Crippen molar-refractivity contribution in [1.29, 1.82) is 0 Å². The lowest BCUT2D eigenvalue weighted by molar-refractivity contribution is 0.0951. The second-order valence-electron chi connectivity index (χ2n) is 7.44. The standard InChI is InChI=1S/C23H21NO3S2/c1-14-6-9-29-20(14)11-19-22(25)21-15(2)10-18-17(23(21)27-19)12-24(13-26-18)7-5-16-4-3-8-28-16/h3-4,6,8-11H,5,7,12-13H2,1-2H3/b19-11-. The van der Waals surface area contributed by atoms with Crippen LogP contribution in [0.3, 0.4) is 0 Å². The molecule has 3 aromatic rings. The number of nitrogens with zero attached hydrogens (tertiary/aromatic N) is 1. The molecule has 0 radical (unpaired) electrons. The van der Waals surface area contributed by atoms with Gasteiger partial charge in [0.05, 0.1) is 11.1 Å². The largest absolute Gasteiger partial charge is 0.478 e. The molecule has 29 heavy (non-hydrogen) atoms. The number of fused-ring (bicyclic) bond motifs is 3. The third kappa shape index (κ3) is 3.41. The third-order valence-corrected chi connectivity index (χ3v) is 7.31. The number of hydrogen-bond acceptors (Lipinski definition) is 6. The maximum Gasteiger partial charge on any atom is 0.232 e. The summed E-state index contributed by atoms with van der Waals surface area (Å²) in [6, 6.07) is 8.28. The van der Waals surface area contributed by atoms with Gasteiger partial charge in [0, 0.05) is 28.9 Å². The van der Waals surface area contributed by atoms with Gasteiger partial charge in [-0.3, -0.25) is 9.69 Å². The molecule has 4 nitrogen and oxygen atoms in total. The van der Waals surface area contributed by atoms with Crippen molar-refractivity contribution in [3.05, 3.63) is 72.8 Å². The third-order valence-electron chi connectivity index (χ3n) is 5.41. The van der Waals surface area contributed by atoms with Crippen molar-refractivity contribution in [3.63, 3.8) is 0 Å². The van der Waals surface area contributed by atoms with Crippen LogP contribution in [0.5, 0.6) is 11.5 Å². The maximum atomic E-state index is 13.1. The van der Waals surface area contributed by atoms with E-state index in [-0.39, 0.29) is 5.78 Å². The van der Waals surface area contributed by atoms with E-state index in [0.717, 1.165) is 46.8 Å². The summed E-state index contributed by atoms with van der Waals surface area (Å²) in [4.78, 5) is 17.7. The Hall–Kier alpha value is -2.41. The number of carbonyl (C=O) groups is 1. The molecule has 0 unspecified atom stereocenters. The SMILES string of the molecule is Cc1ccsc1/C=C1\Oc2c3c(cc(C)c2C1=O)OCN(CCc1cccs1)C3. The smallest absolute Gasteiger partial charge is 0.232 e. The van der Waals surface area contributed by atoms with E-state index in [0.29, 0.717) is 23.8 Å². The molecular weight excluding hydrogens is 402 g/mol. The van der Waals surface area contributed by atoms with E-state index in [1.54, 1.807) is 22.7 Å². The molecule has 0 N–H and O–H groups in total. The van der Waals surface area contributed by atoms with Crippen LogP contribution in [0.4, 0.5) is 0 Å². The number of aryl methyl sites for hydroxylation is 2. The summed E-state index contributed by atoms with van der Waals surface area (Å²) < 4.78 is 12.2. The lowest BCUT2D eigenvalue weighted by Crippen LogP contribution is -2.33. The Balaban J connectivity index is 1.44. The van der Waals surface area contributed by atoms with Crippen molar-refractivity contribution in [2.75, 3.05) is 13.3 Å². The Morgan fingerprint density at radius 1 is 1.17 bits per heavy atom. The molecule has 2 aliphatic rings. The molecule has 2 aromatic heterocycles. The van der Waals surface area contributed by atoms with Crippen molar-refractivity contribution in [1.82, 2.24) is 4.90 Å². The van der Waals surface area contributed by atoms with Crippen LogP contribution < -0.4 is 9.47 Å². The van der Waals surface area contributed by atoms with Crippen LogP contribution in [0.2, 0.25) is 0 Å². The molecule has 0 bridgehead atoms. The summed E-state index contributed by atoms with van der Waals surface area (Å²) in [5.74, 6) is 1.86. The summed E-state index contributed by atoms with van der Waals surface area (Å²) in [5, 5.41) is 4.14. The maximum absolute atomic E-state index is 13.1. The molecule has 2 aliphatic heterocycles. The molecule has 0 saturated heterocycles. The zero-order valence-electron chi connectivity index (χ0n) is 16.4. The molecule has 4 heterocycles. The summed E-state index contributed by atoms with van der Waals surface area (Å²) in [5.41, 5.74) is 3.70. The average molecular weight is 424 g/mol. The molecule has 6 heteroatoms. The highest BCUT2D eigenvalue weighted by Gasteiger charge is 2.35. The summed E-state index contributed by atoms with van der Waals surface area (Å²) in [6.07, 6.45) is 2.86. The first-order valence-corrected chi connectivity index (χ1v) is 11.4. The molecule has 0 aliphatic carbocycles. The number of Topliss-reactive ketones (excluding diaryl/α,β-unsaturated/α-hetero) is 1. The molecule has 0 spiro atoms. The van der Waals surface area contributed by atoms with E-state index in [9.17, 15) is 4.79 Å². The van der Waals surface area contributed by atoms with Crippen molar-refractivity contribution in [3.8, 4) is 11.5 Å². The Morgan fingerprint density at radius 3 is 2.83 bits per heavy atom. The lowest BCUT2D eigenvalue weighted by Gasteiger charge is -2.30. The van der Waals surface area contributed by atoms with Crippen LogP contribution in [0.25, 0.3) is 6.08 Å². The first kappa shape index (κ1) is 18.6.